The number of furan rings is 1. The fourth-order valence-corrected chi connectivity index (χ4v) is 1.55. The summed E-state index contributed by atoms with van der Waals surface area (Å²) in [5.41, 5.74) is 1.11. The van der Waals surface area contributed by atoms with Gasteiger partial charge in [-0.05, 0) is 32.9 Å². The minimum atomic E-state index is 0.260. The van der Waals surface area contributed by atoms with Crippen molar-refractivity contribution in [2.75, 3.05) is 19.8 Å². The lowest BCUT2D eigenvalue weighted by atomic mass is 10.2. The van der Waals surface area contributed by atoms with E-state index in [4.69, 9.17) is 13.9 Å². The summed E-state index contributed by atoms with van der Waals surface area (Å²) in [4.78, 5) is 0. The summed E-state index contributed by atoms with van der Waals surface area (Å²) >= 11 is 0. The van der Waals surface area contributed by atoms with Crippen LogP contribution >= 0.6 is 0 Å². The highest BCUT2D eigenvalue weighted by molar-refractivity contribution is 5.15. The topological polar surface area (TPSA) is 43.6 Å². The molecule has 4 heteroatoms. The summed E-state index contributed by atoms with van der Waals surface area (Å²) < 4.78 is 16.4. The standard InChI is InChI=1S/C14H25NO3/c1-4-6-15-10-14-13(5-7-18-14)11-16-8-9-17-12(2)3/h5,7,12,15H,4,6,8-11H2,1-3H3. The fraction of sp³-hybridized carbons (Fsp3) is 0.714. The summed E-state index contributed by atoms with van der Waals surface area (Å²) in [7, 11) is 0. The average molecular weight is 255 g/mol. The lowest BCUT2D eigenvalue weighted by Crippen LogP contribution is -2.15. The Kier molecular flexibility index (Phi) is 7.73. The van der Waals surface area contributed by atoms with Crippen LogP contribution in [-0.2, 0) is 22.6 Å². The Labute approximate surface area is 110 Å². The van der Waals surface area contributed by atoms with E-state index in [-0.39, 0.29) is 6.10 Å². The van der Waals surface area contributed by atoms with Gasteiger partial charge < -0.3 is 19.2 Å². The Bertz CT molecular complexity index is 310. The second-order valence-corrected chi connectivity index (χ2v) is 4.52. The summed E-state index contributed by atoms with van der Waals surface area (Å²) in [6, 6.07) is 1.96. The van der Waals surface area contributed by atoms with Crippen molar-refractivity contribution in [1.82, 2.24) is 5.32 Å². The molecule has 0 atom stereocenters. The molecule has 1 heterocycles. The number of ether oxygens (including phenoxy) is 2. The molecule has 0 saturated carbocycles. The monoisotopic (exact) mass is 255 g/mol. The Morgan fingerprint density at radius 2 is 2.17 bits per heavy atom. The molecule has 0 fully saturated rings. The van der Waals surface area contributed by atoms with Crippen molar-refractivity contribution in [3.8, 4) is 0 Å². The first kappa shape index (κ1) is 15.2. The van der Waals surface area contributed by atoms with E-state index in [0.29, 0.717) is 19.8 Å². The van der Waals surface area contributed by atoms with Crippen molar-refractivity contribution in [3.63, 3.8) is 0 Å². The first-order valence-electron chi connectivity index (χ1n) is 6.69. The van der Waals surface area contributed by atoms with Crippen LogP contribution in [0.5, 0.6) is 0 Å². The molecule has 18 heavy (non-hydrogen) atoms. The summed E-state index contributed by atoms with van der Waals surface area (Å²) in [5.74, 6) is 0.966. The van der Waals surface area contributed by atoms with Crippen molar-refractivity contribution >= 4 is 0 Å². The van der Waals surface area contributed by atoms with Gasteiger partial charge in [-0.1, -0.05) is 6.92 Å². The highest BCUT2D eigenvalue weighted by Crippen LogP contribution is 2.11. The molecule has 0 saturated heterocycles. The fourth-order valence-electron chi connectivity index (χ4n) is 1.55. The van der Waals surface area contributed by atoms with Gasteiger partial charge in [-0.3, -0.25) is 0 Å². The highest BCUT2D eigenvalue weighted by atomic mass is 16.5. The molecular weight excluding hydrogens is 230 g/mol. The van der Waals surface area contributed by atoms with E-state index in [2.05, 4.69) is 12.2 Å². The quantitative estimate of drug-likeness (QED) is 0.653. The Morgan fingerprint density at radius 1 is 1.33 bits per heavy atom. The molecule has 1 N–H and O–H groups in total. The zero-order valence-electron chi connectivity index (χ0n) is 11.7. The molecule has 1 aromatic rings. The minimum Gasteiger partial charge on any atom is -0.468 e. The minimum absolute atomic E-state index is 0.260. The predicted molar refractivity (Wildman–Crippen MR) is 71.4 cm³/mol. The van der Waals surface area contributed by atoms with Crippen LogP contribution in [-0.4, -0.2) is 25.9 Å². The summed E-state index contributed by atoms with van der Waals surface area (Å²) in [6.45, 7) is 9.80. The zero-order valence-corrected chi connectivity index (χ0v) is 11.7. The van der Waals surface area contributed by atoms with Gasteiger partial charge >= 0.3 is 0 Å². The molecular formula is C14H25NO3. The lowest BCUT2D eigenvalue weighted by molar-refractivity contribution is 0.0139. The predicted octanol–water partition coefficient (Wildman–Crippen LogP) is 2.72. The van der Waals surface area contributed by atoms with Crippen LogP contribution in [0.15, 0.2) is 16.7 Å². The number of nitrogens with one attached hydrogen (secondary N) is 1. The molecule has 0 aromatic carbocycles. The Hall–Kier alpha value is -0.840. The van der Waals surface area contributed by atoms with Crippen LogP contribution in [0.25, 0.3) is 0 Å². The largest absolute Gasteiger partial charge is 0.468 e. The van der Waals surface area contributed by atoms with Gasteiger partial charge in [0.2, 0.25) is 0 Å². The normalized spacial score (nSPS) is 11.3. The van der Waals surface area contributed by atoms with Gasteiger partial charge in [-0.25, -0.2) is 0 Å². The van der Waals surface area contributed by atoms with Crippen LogP contribution in [0, 0.1) is 0 Å². The first-order valence-corrected chi connectivity index (χ1v) is 6.69. The molecule has 0 bridgehead atoms. The number of hydrogen-bond donors (Lipinski definition) is 1. The van der Waals surface area contributed by atoms with Crippen LogP contribution < -0.4 is 5.32 Å². The Morgan fingerprint density at radius 3 is 2.89 bits per heavy atom. The van der Waals surface area contributed by atoms with Crippen molar-refractivity contribution in [2.45, 2.75) is 46.4 Å². The van der Waals surface area contributed by atoms with E-state index in [1.165, 1.54) is 0 Å². The van der Waals surface area contributed by atoms with Crippen molar-refractivity contribution in [3.05, 3.63) is 23.7 Å². The zero-order chi connectivity index (χ0) is 13.2. The number of hydrogen-bond acceptors (Lipinski definition) is 4. The van der Waals surface area contributed by atoms with Crippen LogP contribution in [0.3, 0.4) is 0 Å². The average Bonchev–Trinajstić information content (AvgIpc) is 2.76. The molecule has 1 rings (SSSR count). The smallest absolute Gasteiger partial charge is 0.123 e. The third-order valence-corrected chi connectivity index (χ3v) is 2.49. The van der Waals surface area contributed by atoms with E-state index in [1.54, 1.807) is 6.26 Å². The van der Waals surface area contributed by atoms with Gasteiger partial charge in [0.05, 0.1) is 38.7 Å². The number of rotatable bonds is 10. The van der Waals surface area contributed by atoms with Crippen molar-refractivity contribution in [1.29, 1.82) is 0 Å². The molecule has 104 valence electrons. The van der Waals surface area contributed by atoms with Crippen LogP contribution in [0.4, 0.5) is 0 Å². The van der Waals surface area contributed by atoms with E-state index >= 15 is 0 Å². The van der Waals surface area contributed by atoms with Crippen molar-refractivity contribution in [2.24, 2.45) is 0 Å². The third kappa shape index (κ3) is 6.19. The van der Waals surface area contributed by atoms with Crippen molar-refractivity contribution < 1.29 is 13.9 Å². The molecule has 0 amide bonds. The molecule has 0 aliphatic carbocycles. The van der Waals surface area contributed by atoms with E-state index < -0.39 is 0 Å². The van der Waals surface area contributed by atoms with Gasteiger partial charge in [-0.15, -0.1) is 0 Å². The molecule has 4 nitrogen and oxygen atoms in total. The van der Waals surface area contributed by atoms with E-state index in [1.807, 2.05) is 19.9 Å². The van der Waals surface area contributed by atoms with Crippen LogP contribution in [0.2, 0.25) is 0 Å². The van der Waals surface area contributed by atoms with Crippen LogP contribution in [0.1, 0.15) is 38.5 Å². The second-order valence-electron chi connectivity index (χ2n) is 4.52. The van der Waals surface area contributed by atoms with E-state index in [9.17, 15) is 0 Å². The first-order chi connectivity index (χ1) is 8.74. The molecule has 0 spiro atoms. The molecule has 0 aliphatic rings. The van der Waals surface area contributed by atoms with Gasteiger partial charge in [0.15, 0.2) is 0 Å². The van der Waals surface area contributed by atoms with Gasteiger partial charge in [0, 0.05) is 5.56 Å². The SMILES string of the molecule is CCCNCc1occc1COCCOC(C)C. The van der Waals surface area contributed by atoms with Gasteiger partial charge in [0.1, 0.15) is 5.76 Å². The highest BCUT2D eigenvalue weighted by Gasteiger charge is 2.05. The van der Waals surface area contributed by atoms with Gasteiger partial charge in [-0.2, -0.15) is 0 Å². The Balaban J connectivity index is 2.19. The molecule has 0 aliphatic heterocycles. The molecule has 0 unspecified atom stereocenters. The summed E-state index contributed by atoms with van der Waals surface area (Å²) in [5, 5.41) is 3.32. The lowest BCUT2D eigenvalue weighted by Gasteiger charge is -2.08. The third-order valence-electron chi connectivity index (χ3n) is 2.49. The van der Waals surface area contributed by atoms with Gasteiger partial charge in [0.25, 0.3) is 0 Å². The second kappa shape index (κ2) is 9.14. The van der Waals surface area contributed by atoms with E-state index in [0.717, 1.165) is 30.8 Å². The molecule has 1 aromatic heterocycles. The molecule has 0 radical (unpaired) electrons. The summed E-state index contributed by atoms with van der Waals surface area (Å²) in [6.07, 6.45) is 3.10. The maximum Gasteiger partial charge on any atom is 0.123 e. The maximum absolute atomic E-state index is 5.56. The maximum atomic E-state index is 5.56.